The number of halogens is 1. The Balaban J connectivity index is 1.29. The van der Waals surface area contributed by atoms with Gasteiger partial charge >= 0.3 is 0 Å². The molecule has 0 fully saturated rings. The first-order valence-corrected chi connectivity index (χ1v) is 13.8. The number of rotatable bonds is 10. The van der Waals surface area contributed by atoms with Crippen molar-refractivity contribution in [2.75, 3.05) is 43.7 Å². The largest absolute Gasteiger partial charge is 0.496 e. The predicted molar refractivity (Wildman–Crippen MR) is 171 cm³/mol. The molecule has 3 N–H and O–H groups in total. The average molecular weight is 596 g/mol. The standard InChI is InChI=1S/C32H30ClN7O3/c1-39(2)17-6-11-30(41)35-23-12-13-26(33)25(20-23)31(42)36-21-7-4-8-22(19-21)37-32-34-16-14-29(38-32)40-18-15-24-27(40)9-5-10-28(24)43-3/h4-16,18-20H,17H2,1-3H3,(H,35,41)(H,36,42)(H,34,37,38)/b11-6+. The molecule has 5 rings (SSSR count). The molecule has 0 spiro atoms. The van der Waals surface area contributed by atoms with Crippen LogP contribution in [0.3, 0.4) is 0 Å². The first kappa shape index (κ1) is 29.3. The third kappa shape index (κ3) is 7.18. The summed E-state index contributed by atoms with van der Waals surface area (Å²) in [6, 6.07) is 21.6. The monoisotopic (exact) mass is 595 g/mol. The fraction of sp³-hybridized carbons (Fsp3) is 0.125. The molecule has 0 aliphatic carbocycles. The third-order valence-corrected chi connectivity index (χ3v) is 6.73. The van der Waals surface area contributed by atoms with Crippen molar-refractivity contribution in [1.82, 2.24) is 19.4 Å². The maximum atomic E-state index is 13.1. The van der Waals surface area contributed by atoms with Crippen LogP contribution in [0, 0.1) is 0 Å². The lowest BCUT2D eigenvalue weighted by Crippen LogP contribution is -2.15. The highest BCUT2D eigenvalue weighted by molar-refractivity contribution is 6.34. The van der Waals surface area contributed by atoms with Crippen molar-refractivity contribution in [1.29, 1.82) is 0 Å². The molecule has 10 nitrogen and oxygen atoms in total. The van der Waals surface area contributed by atoms with E-state index >= 15 is 0 Å². The van der Waals surface area contributed by atoms with Crippen LogP contribution in [-0.2, 0) is 4.79 Å². The fourth-order valence-electron chi connectivity index (χ4n) is 4.39. The first-order valence-electron chi connectivity index (χ1n) is 13.4. The zero-order chi connectivity index (χ0) is 30.3. The van der Waals surface area contributed by atoms with E-state index in [2.05, 4.69) is 25.9 Å². The van der Waals surface area contributed by atoms with Gasteiger partial charge in [0, 0.05) is 47.5 Å². The minimum atomic E-state index is -0.422. The molecule has 0 aliphatic rings. The number of aromatic nitrogens is 3. The normalized spacial score (nSPS) is 11.2. The number of nitrogens with zero attached hydrogens (tertiary/aromatic N) is 4. The molecule has 2 amide bonds. The molecular weight excluding hydrogens is 566 g/mol. The molecule has 0 saturated heterocycles. The lowest BCUT2D eigenvalue weighted by Gasteiger charge is -2.12. The number of fused-ring (bicyclic) bond motifs is 1. The number of hydrogen-bond acceptors (Lipinski definition) is 7. The van der Waals surface area contributed by atoms with Crippen LogP contribution in [0.4, 0.5) is 23.0 Å². The van der Waals surface area contributed by atoms with Gasteiger partial charge in [-0.2, -0.15) is 4.98 Å². The zero-order valence-electron chi connectivity index (χ0n) is 23.8. The Kier molecular flexibility index (Phi) is 8.99. The number of hydrogen-bond donors (Lipinski definition) is 3. The van der Waals surface area contributed by atoms with Crippen molar-refractivity contribution >= 4 is 57.3 Å². The summed E-state index contributed by atoms with van der Waals surface area (Å²) in [5.41, 5.74) is 2.84. The van der Waals surface area contributed by atoms with E-state index in [-0.39, 0.29) is 16.5 Å². The van der Waals surface area contributed by atoms with Gasteiger partial charge in [-0.15, -0.1) is 0 Å². The maximum absolute atomic E-state index is 13.1. The van der Waals surface area contributed by atoms with Gasteiger partial charge in [0.25, 0.3) is 5.91 Å². The Morgan fingerprint density at radius 3 is 2.58 bits per heavy atom. The smallest absolute Gasteiger partial charge is 0.257 e. The molecule has 0 bridgehead atoms. The van der Waals surface area contributed by atoms with Crippen molar-refractivity contribution in [3.63, 3.8) is 0 Å². The van der Waals surface area contributed by atoms with Crippen LogP contribution in [0.2, 0.25) is 5.02 Å². The molecule has 2 heterocycles. The first-order chi connectivity index (χ1) is 20.8. The van der Waals surface area contributed by atoms with Gasteiger partial charge in [0.05, 0.1) is 23.2 Å². The van der Waals surface area contributed by atoms with Crippen LogP contribution >= 0.6 is 11.6 Å². The molecule has 218 valence electrons. The van der Waals surface area contributed by atoms with Gasteiger partial charge in [-0.05, 0) is 74.8 Å². The van der Waals surface area contributed by atoms with Crippen LogP contribution in [0.5, 0.6) is 5.75 Å². The summed E-state index contributed by atoms with van der Waals surface area (Å²) in [4.78, 5) is 36.3. The van der Waals surface area contributed by atoms with Gasteiger partial charge in [-0.3, -0.25) is 9.59 Å². The Morgan fingerprint density at radius 2 is 1.77 bits per heavy atom. The summed E-state index contributed by atoms with van der Waals surface area (Å²) in [5, 5.41) is 10.1. The number of likely N-dealkylation sites (N-methyl/N-ethyl adjacent to an activating group) is 1. The number of anilines is 4. The summed E-state index contributed by atoms with van der Waals surface area (Å²) < 4.78 is 7.44. The van der Waals surface area contributed by atoms with Crippen LogP contribution in [0.15, 0.2) is 97.3 Å². The zero-order valence-corrected chi connectivity index (χ0v) is 24.6. The van der Waals surface area contributed by atoms with E-state index in [0.717, 1.165) is 16.7 Å². The Labute approximate surface area is 254 Å². The van der Waals surface area contributed by atoms with Gasteiger partial charge in [0.15, 0.2) is 0 Å². The predicted octanol–water partition coefficient (Wildman–Crippen LogP) is 6.13. The molecule has 0 unspecified atom stereocenters. The molecule has 0 saturated carbocycles. The summed E-state index contributed by atoms with van der Waals surface area (Å²) in [7, 11) is 5.47. The van der Waals surface area contributed by atoms with Crippen LogP contribution in [-0.4, -0.2) is 59.0 Å². The summed E-state index contributed by atoms with van der Waals surface area (Å²) >= 11 is 6.33. The second kappa shape index (κ2) is 13.2. The molecule has 2 aromatic heterocycles. The summed E-state index contributed by atoms with van der Waals surface area (Å²) in [6.45, 7) is 0.632. The van der Waals surface area contributed by atoms with Gasteiger partial charge in [-0.25, -0.2) is 4.98 Å². The van der Waals surface area contributed by atoms with Crippen molar-refractivity contribution < 1.29 is 14.3 Å². The third-order valence-electron chi connectivity index (χ3n) is 6.40. The number of amides is 2. The highest BCUT2D eigenvalue weighted by atomic mass is 35.5. The van der Waals surface area contributed by atoms with E-state index in [1.54, 1.807) is 49.7 Å². The van der Waals surface area contributed by atoms with E-state index in [4.69, 9.17) is 16.3 Å². The lowest BCUT2D eigenvalue weighted by atomic mass is 10.1. The van der Waals surface area contributed by atoms with Gasteiger partial charge in [-0.1, -0.05) is 29.8 Å². The number of nitrogens with one attached hydrogen (secondary N) is 3. The lowest BCUT2D eigenvalue weighted by molar-refractivity contribution is -0.111. The van der Waals surface area contributed by atoms with E-state index in [9.17, 15) is 9.59 Å². The second-order valence-corrected chi connectivity index (χ2v) is 10.2. The van der Waals surface area contributed by atoms with Crippen LogP contribution < -0.4 is 20.7 Å². The minimum absolute atomic E-state index is 0.224. The number of benzene rings is 3. The molecule has 0 atom stereocenters. The van der Waals surface area contributed by atoms with Crippen molar-refractivity contribution in [2.45, 2.75) is 0 Å². The molecule has 11 heteroatoms. The number of carbonyl (C=O) groups is 2. The van der Waals surface area contributed by atoms with Crippen LogP contribution in [0.1, 0.15) is 10.4 Å². The Morgan fingerprint density at radius 1 is 0.977 bits per heavy atom. The fourth-order valence-corrected chi connectivity index (χ4v) is 4.60. The number of ether oxygens (including phenoxy) is 1. The summed E-state index contributed by atoms with van der Waals surface area (Å²) in [6.07, 6.45) is 6.81. The molecule has 0 radical (unpaired) electrons. The highest BCUT2D eigenvalue weighted by Crippen LogP contribution is 2.28. The van der Waals surface area contributed by atoms with Gasteiger partial charge < -0.3 is 30.2 Å². The Bertz CT molecular complexity index is 1820. The Hall–Kier alpha value is -5.19. The quantitative estimate of drug-likeness (QED) is 0.166. The number of carbonyl (C=O) groups excluding carboxylic acids is 2. The molecule has 3 aromatic carbocycles. The number of methoxy groups -OCH3 is 1. The molecule has 5 aromatic rings. The molecule has 43 heavy (non-hydrogen) atoms. The van der Waals surface area contributed by atoms with Crippen molar-refractivity contribution in [3.8, 4) is 11.6 Å². The van der Waals surface area contributed by atoms with E-state index in [0.29, 0.717) is 35.4 Å². The maximum Gasteiger partial charge on any atom is 0.257 e. The van der Waals surface area contributed by atoms with Crippen molar-refractivity contribution in [2.24, 2.45) is 0 Å². The topological polar surface area (TPSA) is 113 Å². The van der Waals surface area contributed by atoms with E-state index in [1.807, 2.05) is 66.2 Å². The van der Waals surface area contributed by atoms with Crippen LogP contribution in [0.25, 0.3) is 16.7 Å². The second-order valence-electron chi connectivity index (χ2n) is 9.83. The van der Waals surface area contributed by atoms with Gasteiger partial charge in [0.2, 0.25) is 11.9 Å². The molecular formula is C32H30ClN7O3. The van der Waals surface area contributed by atoms with Crippen molar-refractivity contribution in [3.05, 3.63) is 108 Å². The average Bonchev–Trinajstić information content (AvgIpc) is 3.43. The molecule has 0 aliphatic heterocycles. The summed E-state index contributed by atoms with van der Waals surface area (Å²) in [5.74, 6) is 1.13. The highest BCUT2D eigenvalue weighted by Gasteiger charge is 2.14. The van der Waals surface area contributed by atoms with E-state index in [1.165, 1.54) is 12.1 Å². The van der Waals surface area contributed by atoms with Gasteiger partial charge in [0.1, 0.15) is 11.6 Å². The van der Waals surface area contributed by atoms with E-state index < -0.39 is 5.91 Å². The minimum Gasteiger partial charge on any atom is -0.496 e. The SMILES string of the molecule is COc1cccc2c1ccn2-c1ccnc(Nc2cccc(NC(=O)c3cc(NC(=O)/C=C/CN(C)C)ccc3Cl)c2)n1.